The van der Waals surface area contributed by atoms with E-state index in [1.165, 1.54) is 6.42 Å². The maximum absolute atomic E-state index is 11.7. The average Bonchev–Trinajstić information content (AvgIpc) is 2.28. The van der Waals surface area contributed by atoms with Crippen LogP contribution < -0.4 is 0 Å². The zero-order valence-electron chi connectivity index (χ0n) is 10.1. The molecule has 0 aromatic carbocycles. The molecule has 0 bridgehead atoms. The molecule has 90 valence electrons. The van der Waals surface area contributed by atoms with Crippen LogP contribution in [0.2, 0.25) is 0 Å². The van der Waals surface area contributed by atoms with Crippen LogP contribution in [0.25, 0.3) is 0 Å². The number of Topliss-reactive ketones (excluding diaryl/α,β-unsaturated/α-hetero) is 1. The second kappa shape index (κ2) is 5.46. The Kier molecular flexibility index (Phi) is 3.97. The van der Waals surface area contributed by atoms with Crippen LogP contribution in [0.5, 0.6) is 0 Å². The minimum atomic E-state index is 0.275. The number of carbonyl (C=O) groups excluding carboxylic acids is 1. The Morgan fingerprint density at radius 2 is 2.25 bits per heavy atom. The quantitative estimate of drug-likeness (QED) is 0.738. The fourth-order valence-corrected chi connectivity index (χ4v) is 2.50. The average molecular weight is 223 g/mol. The van der Waals surface area contributed by atoms with E-state index in [4.69, 9.17) is 4.74 Å². The second-order valence-corrected chi connectivity index (χ2v) is 4.94. The highest BCUT2D eigenvalue weighted by molar-refractivity contribution is 5.83. The maximum Gasteiger partial charge on any atom is 0.183 e. The fourth-order valence-electron chi connectivity index (χ4n) is 2.50. The van der Waals surface area contributed by atoms with Gasteiger partial charge in [0.15, 0.2) is 5.90 Å². The van der Waals surface area contributed by atoms with E-state index in [0.29, 0.717) is 11.9 Å². The van der Waals surface area contributed by atoms with E-state index in [1.54, 1.807) is 0 Å². The van der Waals surface area contributed by atoms with Gasteiger partial charge < -0.3 is 4.74 Å². The number of aliphatic imine (C=N–C) groups is 1. The lowest BCUT2D eigenvalue weighted by molar-refractivity contribution is -0.124. The molecule has 2 atom stereocenters. The molecular weight excluding hydrogens is 202 g/mol. The van der Waals surface area contributed by atoms with Crippen molar-refractivity contribution in [3.8, 4) is 0 Å². The van der Waals surface area contributed by atoms with Gasteiger partial charge in [-0.15, -0.1) is 0 Å². The van der Waals surface area contributed by atoms with Crippen molar-refractivity contribution in [3.05, 3.63) is 0 Å². The van der Waals surface area contributed by atoms with E-state index in [9.17, 15) is 4.79 Å². The first-order valence-corrected chi connectivity index (χ1v) is 6.48. The molecule has 2 rings (SSSR count). The van der Waals surface area contributed by atoms with Gasteiger partial charge in [0, 0.05) is 31.7 Å². The summed E-state index contributed by atoms with van der Waals surface area (Å²) in [4.78, 5) is 16.0. The van der Waals surface area contributed by atoms with Crippen molar-refractivity contribution in [2.24, 2.45) is 10.9 Å². The normalized spacial score (nSPS) is 30.8. The van der Waals surface area contributed by atoms with Crippen molar-refractivity contribution in [3.63, 3.8) is 0 Å². The molecule has 0 amide bonds. The molecule has 0 radical (unpaired) electrons. The molecule has 1 fully saturated rings. The molecule has 3 heteroatoms. The summed E-state index contributed by atoms with van der Waals surface area (Å²) in [5.41, 5.74) is 0. The largest absolute Gasteiger partial charge is 0.478 e. The van der Waals surface area contributed by atoms with Gasteiger partial charge in [-0.25, -0.2) is 0 Å². The van der Waals surface area contributed by atoms with Crippen molar-refractivity contribution >= 4 is 11.7 Å². The number of rotatable bonds is 3. The summed E-state index contributed by atoms with van der Waals surface area (Å²) in [7, 11) is 0. The van der Waals surface area contributed by atoms with E-state index in [-0.39, 0.29) is 5.92 Å². The van der Waals surface area contributed by atoms with Gasteiger partial charge >= 0.3 is 0 Å². The maximum atomic E-state index is 11.7. The zero-order valence-corrected chi connectivity index (χ0v) is 10.1. The third kappa shape index (κ3) is 3.06. The summed E-state index contributed by atoms with van der Waals surface area (Å²) >= 11 is 0. The minimum absolute atomic E-state index is 0.275. The summed E-state index contributed by atoms with van der Waals surface area (Å²) in [5.74, 6) is 1.60. The monoisotopic (exact) mass is 223 g/mol. The van der Waals surface area contributed by atoms with Crippen LogP contribution in [0.4, 0.5) is 0 Å². The lowest BCUT2D eigenvalue weighted by Gasteiger charge is -2.23. The Morgan fingerprint density at radius 3 is 3.00 bits per heavy atom. The first kappa shape index (κ1) is 11.6. The number of nitrogens with zero attached hydrogens (tertiary/aromatic N) is 1. The SMILES string of the molecule is CC1CCN=C(CCC2CCCCC2=O)O1. The predicted molar refractivity (Wildman–Crippen MR) is 63.7 cm³/mol. The van der Waals surface area contributed by atoms with E-state index in [1.807, 2.05) is 0 Å². The summed E-state index contributed by atoms with van der Waals surface area (Å²) in [6.45, 7) is 2.97. The van der Waals surface area contributed by atoms with E-state index in [2.05, 4.69) is 11.9 Å². The van der Waals surface area contributed by atoms with Gasteiger partial charge in [-0.3, -0.25) is 9.79 Å². The first-order chi connectivity index (χ1) is 7.75. The fraction of sp³-hybridized carbons (Fsp3) is 0.846. The molecular formula is C13H21NO2. The first-order valence-electron chi connectivity index (χ1n) is 6.48. The molecule has 0 N–H and O–H groups in total. The highest BCUT2D eigenvalue weighted by Crippen LogP contribution is 2.25. The molecule has 1 aliphatic carbocycles. The molecule has 16 heavy (non-hydrogen) atoms. The number of carbonyl (C=O) groups is 1. The van der Waals surface area contributed by atoms with E-state index >= 15 is 0 Å². The third-order valence-corrected chi connectivity index (χ3v) is 3.55. The molecule has 2 unspecified atom stereocenters. The molecule has 0 aromatic heterocycles. The second-order valence-electron chi connectivity index (χ2n) is 4.94. The van der Waals surface area contributed by atoms with Gasteiger partial charge in [-0.1, -0.05) is 6.42 Å². The Bertz CT molecular complexity index is 286. The van der Waals surface area contributed by atoms with Crippen LogP contribution in [-0.2, 0) is 9.53 Å². The number of ketones is 1. The molecule has 2 aliphatic rings. The Balaban J connectivity index is 1.78. The summed E-state index contributed by atoms with van der Waals surface area (Å²) in [5, 5.41) is 0. The third-order valence-electron chi connectivity index (χ3n) is 3.55. The zero-order chi connectivity index (χ0) is 11.4. The van der Waals surface area contributed by atoms with Gasteiger partial charge in [0.25, 0.3) is 0 Å². The predicted octanol–water partition coefficient (Wildman–Crippen LogP) is 2.73. The van der Waals surface area contributed by atoms with Crippen LogP contribution in [0.1, 0.15) is 51.9 Å². The van der Waals surface area contributed by atoms with Crippen molar-refractivity contribution in [1.29, 1.82) is 0 Å². The Morgan fingerprint density at radius 1 is 1.38 bits per heavy atom. The van der Waals surface area contributed by atoms with E-state index in [0.717, 1.165) is 51.0 Å². The molecule has 0 spiro atoms. The van der Waals surface area contributed by atoms with Crippen LogP contribution in [-0.4, -0.2) is 24.3 Å². The van der Waals surface area contributed by atoms with Crippen molar-refractivity contribution in [1.82, 2.24) is 0 Å². The van der Waals surface area contributed by atoms with Gasteiger partial charge in [0.2, 0.25) is 0 Å². The van der Waals surface area contributed by atoms with Crippen LogP contribution in [0.15, 0.2) is 4.99 Å². The van der Waals surface area contributed by atoms with Crippen LogP contribution in [0.3, 0.4) is 0 Å². The van der Waals surface area contributed by atoms with Gasteiger partial charge in [-0.2, -0.15) is 0 Å². The molecule has 1 saturated carbocycles. The molecule has 0 saturated heterocycles. The van der Waals surface area contributed by atoms with E-state index < -0.39 is 0 Å². The summed E-state index contributed by atoms with van der Waals surface area (Å²) in [6.07, 6.45) is 7.26. The molecule has 1 aliphatic heterocycles. The smallest absolute Gasteiger partial charge is 0.183 e. The molecule has 1 heterocycles. The van der Waals surface area contributed by atoms with Gasteiger partial charge in [0.1, 0.15) is 5.78 Å². The van der Waals surface area contributed by atoms with Crippen LogP contribution >= 0.6 is 0 Å². The lowest BCUT2D eigenvalue weighted by Crippen LogP contribution is -2.24. The van der Waals surface area contributed by atoms with Crippen LogP contribution in [0, 0.1) is 5.92 Å². The number of hydrogen-bond donors (Lipinski definition) is 0. The van der Waals surface area contributed by atoms with Gasteiger partial charge in [0.05, 0.1) is 6.10 Å². The van der Waals surface area contributed by atoms with Crippen molar-refractivity contribution in [2.75, 3.05) is 6.54 Å². The van der Waals surface area contributed by atoms with Crippen molar-refractivity contribution in [2.45, 2.75) is 58.0 Å². The lowest BCUT2D eigenvalue weighted by atomic mass is 9.85. The topological polar surface area (TPSA) is 38.7 Å². The minimum Gasteiger partial charge on any atom is -0.478 e. The van der Waals surface area contributed by atoms with Gasteiger partial charge in [-0.05, 0) is 26.2 Å². The summed E-state index contributed by atoms with van der Waals surface area (Å²) in [6, 6.07) is 0. The Hall–Kier alpha value is -0.860. The molecule has 0 aromatic rings. The molecule has 3 nitrogen and oxygen atoms in total. The number of ether oxygens (including phenoxy) is 1. The highest BCUT2D eigenvalue weighted by atomic mass is 16.5. The van der Waals surface area contributed by atoms with Crippen molar-refractivity contribution < 1.29 is 9.53 Å². The highest BCUT2D eigenvalue weighted by Gasteiger charge is 2.23. The summed E-state index contributed by atoms with van der Waals surface area (Å²) < 4.78 is 5.65. The Labute approximate surface area is 97.3 Å². The standard InChI is InChI=1S/C13H21NO2/c1-10-8-9-14-13(16-10)7-6-11-4-2-3-5-12(11)15/h10-11H,2-9H2,1H3. The number of hydrogen-bond acceptors (Lipinski definition) is 3.